The van der Waals surface area contributed by atoms with Crippen LogP contribution in [0.3, 0.4) is 0 Å². The highest BCUT2D eigenvalue weighted by atomic mass is 35.5. The average molecular weight is 215 g/mol. The van der Waals surface area contributed by atoms with Gasteiger partial charge < -0.3 is 5.32 Å². The summed E-state index contributed by atoms with van der Waals surface area (Å²) < 4.78 is 0.738. The van der Waals surface area contributed by atoms with E-state index in [1.165, 1.54) is 17.4 Å². The maximum atomic E-state index is 10.5. The quantitative estimate of drug-likeness (QED) is 0.777. The van der Waals surface area contributed by atoms with Crippen LogP contribution >= 0.6 is 22.9 Å². The number of nitriles is 1. The molecule has 5 heteroatoms. The van der Waals surface area contributed by atoms with Gasteiger partial charge in [0.2, 0.25) is 0 Å². The highest BCUT2D eigenvalue weighted by molar-refractivity contribution is 7.16. The lowest BCUT2D eigenvalue weighted by molar-refractivity contribution is -0.115. The Kier molecular flexibility index (Phi) is 3.74. The maximum absolute atomic E-state index is 10.5. The van der Waals surface area contributed by atoms with Crippen LogP contribution in [0, 0.1) is 11.3 Å². The number of nitrogens with one attached hydrogen (secondary N) is 1. The van der Waals surface area contributed by atoms with Gasteiger partial charge in [-0.3, -0.25) is 4.79 Å². The van der Waals surface area contributed by atoms with Crippen molar-refractivity contribution in [2.75, 3.05) is 6.54 Å². The van der Waals surface area contributed by atoms with E-state index in [4.69, 9.17) is 16.9 Å². The normalized spacial score (nSPS) is 9.23. The van der Waals surface area contributed by atoms with E-state index in [0.29, 0.717) is 13.0 Å². The van der Waals surface area contributed by atoms with E-state index in [1.54, 1.807) is 0 Å². The number of thiophene rings is 1. The number of hydrogen-bond donors (Lipinski definition) is 1. The third-order valence-electron chi connectivity index (χ3n) is 1.39. The van der Waals surface area contributed by atoms with Crippen molar-refractivity contribution >= 4 is 28.8 Å². The molecule has 1 aromatic rings. The van der Waals surface area contributed by atoms with Crippen molar-refractivity contribution in [3.8, 4) is 6.07 Å². The number of hydrogen-bond acceptors (Lipinski definition) is 3. The summed E-state index contributed by atoms with van der Waals surface area (Å²) in [6, 6.07) is 5.21. The maximum Gasteiger partial charge on any atom is 0.322 e. The second-order valence-corrected chi connectivity index (χ2v) is 4.12. The van der Waals surface area contributed by atoms with E-state index in [0.717, 1.165) is 9.21 Å². The second kappa shape index (κ2) is 4.85. The zero-order valence-electron chi connectivity index (χ0n) is 6.71. The number of rotatable bonds is 3. The van der Waals surface area contributed by atoms with E-state index in [1.807, 2.05) is 12.1 Å². The van der Waals surface area contributed by atoms with E-state index < -0.39 is 5.91 Å². The number of carbonyl (C=O) groups excluding carboxylic acids is 1. The van der Waals surface area contributed by atoms with Crippen molar-refractivity contribution < 1.29 is 4.79 Å². The highest BCUT2D eigenvalue weighted by Gasteiger charge is 1.99. The van der Waals surface area contributed by atoms with Crippen molar-refractivity contribution in [1.29, 1.82) is 5.26 Å². The lowest BCUT2D eigenvalue weighted by atomic mass is 10.3. The fraction of sp³-hybridized carbons (Fsp3) is 0.250. The fourth-order valence-electron chi connectivity index (χ4n) is 0.825. The lowest BCUT2D eigenvalue weighted by Gasteiger charge is -1.96. The molecule has 0 spiro atoms. The van der Waals surface area contributed by atoms with Crippen LogP contribution in [0.15, 0.2) is 12.1 Å². The summed E-state index contributed by atoms with van der Waals surface area (Å²) in [4.78, 5) is 11.6. The fourth-order valence-corrected chi connectivity index (χ4v) is 1.91. The summed E-state index contributed by atoms with van der Waals surface area (Å²) in [5.74, 6) is -0.595. The number of carbonyl (C=O) groups is 1. The molecule has 0 unspecified atom stereocenters. The molecule has 0 aliphatic carbocycles. The lowest BCUT2D eigenvalue weighted by Crippen LogP contribution is -2.23. The standard InChI is InChI=1S/C8H7ClN2OS/c9-7-2-1-6(13-7)3-4-11-8(12)5-10/h1-2H,3-4H2,(H,11,12). The first-order chi connectivity index (χ1) is 6.22. The van der Waals surface area contributed by atoms with Crippen molar-refractivity contribution in [3.63, 3.8) is 0 Å². The minimum Gasteiger partial charge on any atom is -0.343 e. The molecule has 1 amide bonds. The molecule has 0 atom stereocenters. The zero-order valence-corrected chi connectivity index (χ0v) is 8.28. The summed E-state index contributed by atoms with van der Waals surface area (Å²) in [7, 11) is 0. The third-order valence-corrected chi connectivity index (χ3v) is 2.68. The Balaban J connectivity index is 2.29. The van der Waals surface area contributed by atoms with Crippen LogP contribution in [0.2, 0.25) is 4.34 Å². The van der Waals surface area contributed by atoms with E-state index in [9.17, 15) is 4.79 Å². The van der Waals surface area contributed by atoms with Crippen molar-refractivity contribution in [3.05, 3.63) is 21.3 Å². The molecule has 1 rings (SSSR count). The van der Waals surface area contributed by atoms with Gasteiger partial charge in [-0.2, -0.15) is 5.26 Å². The molecule has 1 N–H and O–H groups in total. The van der Waals surface area contributed by atoms with Crippen LogP contribution in [0.5, 0.6) is 0 Å². The summed E-state index contributed by atoms with van der Waals surface area (Å²) in [5.41, 5.74) is 0. The van der Waals surface area contributed by atoms with Crippen LogP contribution in [-0.2, 0) is 11.2 Å². The van der Waals surface area contributed by atoms with Gasteiger partial charge in [0.05, 0.1) is 4.34 Å². The molecular formula is C8H7ClN2OS. The Morgan fingerprint density at radius 3 is 3.00 bits per heavy atom. The topological polar surface area (TPSA) is 52.9 Å². The molecule has 0 aromatic carbocycles. The molecule has 0 radical (unpaired) electrons. The van der Waals surface area contributed by atoms with Crippen LogP contribution in [0.1, 0.15) is 4.88 Å². The summed E-state index contributed by atoms with van der Waals surface area (Å²) in [6.07, 6.45) is 0.713. The largest absolute Gasteiger partial charge is 0.343 e. The Hall–Kier alpha value is -1.05. The number of nitrogens with zero attached hydrogens (tertiary/aromatic N) is 1. The summed E-state index contributed by atoms with van der Waals surface area (Å²) in [6.45, 7) is 0.475. The Morgan fingerprint density at radius 2 is 2.46 bits per heavy atom. The first-order valence-electron chi connectivity index (χ1n) is 3.64. The van der Waals surface area contributed by atoms with Gasteiger partial charge in [0.15, 0.2) is 6.07 Å². The first kappa shape index (κ1) is 10.0. The van der Waals surface area contributed by atoms with Crippen molar-refractivity contribution in [2.24, 2.45) is 0 Å². The monoisotopic (exact) mass is 214 g/mol. The first-order valence-corrected chi connectivity index (χ1v) is 4.84. The predicted molar refractivity (Wildman–Crippen MR) is 51.7 cm³/mol. The van der Waals surface area contributed by atoms with Crippen LogP contribution in [0.4, 0.5) is 0 Å². The predicted octanol–water partition coefficient (Wildman–Crippen LogP) is 1.58. The molecule has 0 aliphatic heterocycles. The van der Waals surface area contributed by atoms with Gasteiger partial charge in [-0.05, 0) is 18.6 Å². The zero-order chi connectivity index (χ0) is 9.68. The van der Waals surface area contributed by atoms with Crippen LogP contribution in [-0.4, -0.2) is 12.5 Å². The average Bonchev–Trinajstić information content (AvgIpc) is 2.51. The Morgan fingerprint density at radius 1 is 1.69 bits per heavy atom. The molecule has 1 heterocycles. The van der Waals surface area contributed by atoms with Crippen LogP contribution < -0.4 is 5.32 Å². The van der Waals surface area contributed by atoms with Gasteiger partial charge in [0, 0.05) is 11.4 Å². The molecule has 1 aromatic heterocycles. The van der Waals surface area contributed by atoms with E-state index >= 15 is 0 Å². The molecule has 3 nitrogen and oxygen atoms in total. The van der Waals surface area contributed by atoms with Gasteiger partial charge in [0.25, 0.3) is 0 Å². The van der Waals surface area contributed by atoms with Gasteiger partial charge in [-0.1, -0.05) is 11.6 Å². The summed E-state index contributed by atoms with van der Waals surface area (Å²) in [5, 5.41) is 10.6. The molecule has 68 valence electrons. The van der Waals surface area contributed by atoms with E-state index in [2.05, 4.69) is 5.32 Å². The van der Waals surface area contributed by atoms with E-state index in [-0.39, 0.29) is 0 Å². The third kappa shape index (κ3) is 3.45. The number of halogens is 1. The molecule has 13 heavy (non-hydrogen) atoms. The van der Waals surface area contributed by atoms with Gasteiger partial charge in [0.1, 0.15) is 0 Å². The Bertz CT molecular complexity index is 342. The molecule has 0 saturated heterocycles. The Labute approximate surface area is 84.9 Å². The molecular weight excluding hydrogens is 208 g/mol. The molecule has 0 fully saturated rings. The van der Waals surface area contributed by atoms with Crippen molar-refractivity contribution in [1.82, 2.24) is 5.32 Å². The number of amides is 1. The molecule has 0 bridgehead atoms. The van der Waals surface area contributed by atoms with Gasteiger partial charge >= 0.3 is 5.91 Å². The van der Waals surface area contributed by atoms with Gasteiger partial charge in [-0.25, -0.2) is 0 Å². The van der Waals surface area contributed by atoms with Crippen molar-refractivity contribution in [2.45, 2.75) is 6.42 Å². The SMILES string of the molecule is N#CC(=O)NCCc1ccc(Cl)s1. The molecule has 0 aliphatic rings. The highest BCUT2D eigenvalue weighted by Crippen LogP contribution is 2.21. The molecule has 0 saturated carbocycles. The minimum atomic E-state index is -0.595. The smallest absolute Gasteiger partial charge is 0.322 e. The van der Waals surface area contributed by atoms with Crippen LogP contribution in [0.25, 0.3) is 0 Å². The summed E-state index contributed by atoms with van der Waals surface area (Å²) >= 11 is 7.19. The minimum absolute atomic E-state index is 0.475. The second-order valence-electron chi connectivity index (χ2n) is 2.32. The van der Waals surface area contributed by atoms with Gasteiger partial charge in [-0.15, -0.1) is 11.3 Å².